The van der Waals surface area contributed by atoms with Crippen LogP contribution in [0, 0.1) is 5.92 Å². The van der Waals surface area contributed by atoms with Gasteiger partial charge >= 0.3 is 5.97 Å². The third-order valence-corrected chi connectivity index (χ3v) is 4.39. The SMILES string of the molecule is O=C(O)c1sc2ccccc2c1COCC1CC1. The van der Waals surface area contributed by atoms with E-state index >= 15 is 0 Å². The van der Waals surface area contributed by atoms with E-state index in [2.05, 4.69) is 0 Å². The maximum Gasteiger partial charge on any atom is 0.346 e. The standard InChI is InChI=1S/C14H14O3S/c15-14(16)13-11(8-17-7-9-5-6-9)10-3-1-2-4-12(10)18-13/h1-4,9H,5-8H2,(H,15,16). The van der Waals surface area contributed by atoms with Gasteiger partial charge < -0.3 is 9.84 Å². The number of thiophene rings is 1. The number of carboxylic acid groups (broad SMARTS) is 1. The summed E-state index contributed by atoms with van der Waals surface area (Å²) < 4.78 is 6.66. The van der Waals surface area contributed by atoms with Crippen molar-refractivity contribution in [2.24, 2.45) is 5.92 Å². The average Bonchev–Trinajstić information content (AvgIpc) is 3.10. The number of carbonyl (C=O) groups is 1. The minimum absolute atomic E-state index is 0.405. The van der Waals surface area contributed by atoms with Gasteiger partial charge in [0, 0.05) is 16.9 Å². The van der Waals surface area contributed by atoms with Crippen molar-refractivity contribution in [1.82, 2.24) is 0 Å². The quantitative estimate of drug-likeness (QED) is 0.896. The first-order valence-corrected chi connectivity index (χ1v) is 6.89. The number of benzene rings is 1. The molecule has 94 valence electrons. The van der Waals surface area contributed by atoms with Crippen molar-refractivity contribution in [3.8, 4) is 0 Å². The van der Waals surface area contributed by atoms with Crippen LogP contribution in [0.1, 0.15) is 28.1 Å². The third-order valence-electron chi connectivity index (χ3n) is 3.19. The molecule has 3 rings (SSSR count). The van der Waals surface area contributed by atoms with Crippen molar-refractivity contribution in [2.75, 3.05) is 6.61 Å². The first-order chi connectivity index (χ1) is 8.75. The molecule has 0 aliphatic heterocycles. The molecule has 3 nitrogen and oxygen atoms in total. The molecule has 0 radical (unpaired) electrons. The van der Waals surface area contributed by atoms with E-state index < -0.39 is 5.97 Å². The molecule has 1 saturated carbocycles. The van der Waals surface area contributed by atoms with Gasteiger partial charge in [-0.15, -0.1) is 11.3 Å². The molecular formula is C14H14O3S. The van der Waals surface area contributed by atoms with Crippen LogP contribution in [0.5, 0.6) is 0 Å². The van der Waals surface area contributed by atoms with Crippen molar-refractivity contribution in [1.29, 1.82) is 0 Å². The summed E-state index contributed by atoms with van der Waals surface area (Å²) in [6, 6.07) is 7.79. The highest BCUT2D eigenvalue weighted by atomic mass is 32.1. The van der Waals surface area contributed by atoms with Crippen molar-refractivity contribution in [2.45, 2.75) is 19.4 Å². The molecule has 4 heteroatoms. The van der Waals surface area contributed by atoms with E-state index in [1.807, 2.05) is 24.3 Å². The van der Waals surface area contributed by atoms with Crippen LogP contribution >= 0.6 is 11.3 Å². The zero-order valence-corrected chi connectivity index (χ0v) is 10.7. The van der Waals surface area contributed by atoms with Crippen molar-refractivity contribution in [3.63, 3.8) is 0 Å². The van der Waals surface area contributed by atoms with Gasteiger partial charge in [0.1, 0.15) is 4.88 Å². The van der Waals surface area contributed by atoms with E-state index in [-0.39, 0.29) is 0 Å². The molecule has 1 aliphatic rings. The molecule has 0 amide bonds. The Labute approximate surface area is 109 Å². The summed E-state index contributed by atoms with van der Waals surface area (Å²) in [4.78, 5) is 11.7. The fourth-order valence-corrected chi connectivity index (χ4v) is 3.07. The minimum atomic E-state index is -0.860. The summed E-state index contributed by atoms with van der Waals surface area (Å²) >= 11 is 1.33. The fraction of sp³-hybridized carbons (Fsp3) is 0.357. The molecule has 1 aliphatic carbocycles. The summed E-state index contributed by atoms with van der Waals surface area (Å²) in [6.07, 6.45) is 2.49. The lowest BCUT2D eigenvalue weighted by Crippen LogP contribution is -2.02. The molecule has 0 spiro atoms. The van der Waals surface area contributed by atoms with Crippen molar-refractivity contribution >= 4 is 27.4 Å². The molecule has 1 aromatic heterocycles. The highest BCUT2D eigenvalue weighted by molar-refractivity contribution is 7.21. The summed E-state index contributed by atoms with van der Waals surface area (Å²) in [5, 5.41) is 10.3. The molecule has 2 aromatic rings. The number of fused-ring (bicyclic) bond motifs is 1. The van der Waals surface area contributed by atoms with Crippen LogP contribution < -0.4 is 0 Å². The molecule has 0 saturated heterocycles. The van der Waals surface area contributed by atoms with Crippen LogP contribution in [0.2, 0.25) is 0 Å². The van der Waals surface area contributed by atoms with Gasteiger partial charge in [0.25, 0.3) is 0 Å². The maximum absolute atomic E-state index is 11.3. The Hall–Kier alpha value is -1.39. The number of hydrogen-bond acceptors (Lipinski definition) is 3. The van der Waals surface area contributed by atoms with Crippen LogP contribution in [-0.2, 0) is 11.3 Å². The third kappa shape index (κ3) is 2.26. The lowest BCUT2D eigenvalue weighted by atomic mass is 10.1. The number of rotatable bonds is 5. The lowest BCUT2D eigenvalue weighted by Gasteiger charge is -2.03. The maximum atomic E-state index is 11.3. The van der Waals surface area contributed by atoms with E-state index in [0.717, 1.165) is 22.3 Å². The zero-order valence-electron chi connectivity index (χ0n) is 9.89. The van der Waals surface area contributed by atoms with Gasteiger partial charge in [-0.05, 0) is 30.2 Å². The molecule has 18 heavy (non-hydrogen) atoms. The first kappa shape index (κ1) is 11.7. The van der Waals surface area contributed by atoms with Crippen LogP contribution in [0.3, 0.4) is 0 Å². The van der Waals surface area contributed by atoms with E-state index in [1.165, 1.54) is 24.2 Å². The monoisotopic (exact) mass is 262 g/mol. The fourth-order valence-electron chi connectivity index (χ4n) is 2.03. The Bertz CT molecular complexity index is 584. The average molecular weight is 262 g/mol. The molecule has 1 fully saturated rings. The molecule has 0 atom stereocenters. The molecule has 0 bridgehead atoms. The number of hydrogen-bond donors (Lipinski definition) is 1. The second kappa shape index (κ2) is 4.71. The van der Waals surface area contributed by atoms with E-state index in [9.17, 15) is 9.90 Å². The smallest absolute Gasteiger partial charge is 0.346 e. The van der Waals surface area contributed by atoms with Gasteiger partial charge in [0.15, 0.2) is 0 Å². The Kier molecular flexibility index (Phi) is 3.06. The van der Waals surface area contributed by atoms with E-state index in [1.54, 1.807) is 0 Å². The van der Waals surface area contributed by atoms with Gasteiger partial charge in [-0.1, -0.05) is 18.2 Å². The van der Waals surface area contributed by atoms with E-state index in [4.69, 9.17) is 4.74 Å². The van der Waals surface area contributed by atoms with Gasteiger partial charge in [0.05, 0.1) is 6.61 Å². The summed E-state index contributed by atoms with van der Waals surface area (Å²) in [5.74, 6) is -0.163. The minimum Gasteiger partial charge on any atom is -0.477 e. The molecular weight excluding hydrogens is 248 g/mol. The summed E-state index contributed by atoms with van der Waals surface area (Å²) in [5.41, 5.74) is 0.823. The van der Waals surface area contributed by atoms with Crippen LogP contribution in [0.4, 0.5) is 0 Å². The topological polar surface area (TPSA) is 46.5 Å². The largest absolute Gasteiger partial charge is 0.477 e. The lowest BCUT2D eigenvalue weighted by molar-refractivity contribution is 0.0692. The highest BCUT2D eigenvalue weighted by Gasteiger charge is 2.22. The van der Waals surface area contributed by atoms with Gasteiger partial charge in [-0.25, -0.2) is 4.79 Å². The Balaban J connectivity index is 1.90. The second-order valence-electron chi connectivity index (χ2n) is 4.67. The predicted octanol–water partition coefficient (Wildman–Crippen LogP) is 3.53. The van der Waals surface area contributed by atoms with Crippen molar-refractivity contribution in [3.05, 3.63) is 34.7 Å². The Morgan fingerprint density at radius 2 is 2.17 bits per heavy atom. The zero-order chi connectivity index (χ0) is 12.5. The Morgan fingerprint density at radius 1 is 1.39 bits per heavy atom. The normalized spacial score (nSPS) is 15.1. The van der Waals surface area contributed by atoms with E-state index in [0.29, 0.717) is 17.4 Å². The predicted molar refractivity (Wildman–Crippen MR) is 71.2 cm³/mol. The highest BCUT2D eigenvalue weighted by Crippen LogP contribution is 2.33. The molecule has 1 N–H and O–H groups in total. The van der Waals surface area contributed by atoms with Gasteiger partial charge in [0.2, 0.25) is 0 Å². The summed E-state index contributed by atoms with van der Waals surface area (Å²) in [6.45, 7) is 1.16. The van der Waals surface area contributed by atoms with Crippen LogP contribution in [-0.4, -0.2) is 17.7 Å². The number of aromatic carboxylic acids is 1. The van der Waals surface area contributed by atoms with Crippen LogP contribution in [0.15, 0.2) is 24.3 Å². The summed E-state index contributed by atoms with van der Waals surface area (Å²) in [7, 11) is 0. The molecule has 1 aromatic carbocycles. The number of carboxylic acids is 1. The van der Waals surface area contributed by atoms with Gasteiger partial charge in [-0.2, -0.15) is 0 Å². The number of ether oxygens (including phenoxy) is 1. The molecule has 1 heterocycles. The Morgan fingerprint density at radius 3 is 2.89 bits per heavy atom. The van der Waals surface area contributed by atoms with Crippen LogP contribution in [0.25, 0.3) is 10.1 Å². The second-order valence-corrected chi connectivity index (χ2v) is 5.72. The van der Waals surface area contributed by atoms with Gasteiger partial charge in [-0.3, -0.25) is 0 Å². The van der Waals surface area contributed by atoms with Crippen molar-refractivity contribution < 1.29 is 14.6 Å². The first-order valence-electron chi connectivity index (χ1n) is 6.07. The molecule has 0 unspecified atom stereocenters.